The minimum atomic E-state index is 0.322. The Balaban J connectivity index is 1.39. The second kappa shape index (κ2) is 4.60. The fourth-order valence-electron chi connectivity index (χ4n) is 3.63. The first-order valence-electron chi connectivity index (χ1n) is 7.26. The van der Waals surface area contributed by atoms with E-state index in [4.69, 9.17) is 0 Å². The van der Waals surface area contributed by atoms with Crippen LogP contribution in [-0.4, -0.2) is 36.5 Å². The van der Waals surface area contributed by atoms with Gasteiger partial charge in [-0.2, -0.15) is 0 Å². The number of hydrogen-bond donors (Lipinski definition) is 1. The Morgan fingerprint density at radius 2 is 1.88 bits per heavy atom. The first kappa shape index (κ1) is 11.5. The molecule has 1 heterocycles. The van der Waals surface area contributed by atoms with Crippen LogP contribution >= 0.6 is 0 Å². The number of nitrogens with zero attached hydrogens (tertiary/aromatic N) is 1. The second-order valence-electron chi connectivity index (χ2n) is 6.26. The van der Waals surface area contributed by atoms with Crippen LogP contribution in [0.3, 0.4) is 0 Å². The van der Waals surface area contributed by atoms with Crippen molar-refractivity contribution in [1.29, 1.82) is 0 Å². The van der Waals surface area contributed by atoms with Crippen molar-refractivity contribution in [2.75, 3.05) is 19.6 Å². The van der Waals surface area contributed by atoms with Gasteiger partial charge < -0.3 is 5.32 Å². The van der Waals surface area contributed by atoms with Gasteiger partial charge in [0.15, 0.2) is 0 Å². The van der Waals surface area contributed by atoms with Crippen molar-refractivity contribution < 1.29 is 4.79 Å². The van der Waals surface area contributed by atoms with Gasteiger partial charge in [0.25, 0.3) is 0 Å². The maximum absolute atomic E-state index is 12.0. The van der Waals surface area contributed by atoms with Crippen molar-refractivity contribution in [3.05, 3.63) is 0 Å². The minimum Gasteiger partial charge on any atom is -0.354 e. The van der Waals surface area contributed by atoms with E-state index in [2.05, 4.69) is 17.1 Å². The first-order valence-corrected chi connectivity index (χ1v) is 7.26. The van der Waals surface area contributed by atoms with Crippen LogP contribution in [-0.2, 0) is 4.79 Å². The lowest BCUT2D eigenvalue weighted by atomic mass is 10.0. The van der Waals surface area contributed by atoms with Crippen molar-refractivity contribution in [2.24, 2.45) is 17.8 Å². The molecule has 0 aromatic rings. The third-order valence-electron chi connectivity index (χ3n) is 4.95. The van der Waals surface area contributed by atoms with Crippen LogP contribution < -0.4 is 5.32 Å². The maximum atomic E-state index is 12.0. The fourth-order valence-corrected chi connectivity index (χ4v) is 3.63. The minimum absolute atomic E-state index is 0.322. The van der Waals surface area contributed by atoms with Crippen LogP contribution in [0.2, 0.25) is 0 Å². The molecule has 1 saturated heterocycles. The van der Waals surface area contributed by atoms with E-state index in [0.717, 1.165) is 31.2 Å². The number of rotatable bonds is 4. The highest BCUT2D eigenvalue weighted by Gasteiger charge is 2.47. The van der Waals surface area contributed by atoms with Crippen molar-refractivity contribution >= 4 is 5.91 Å². The lowest BCUT2D eigenvalue weighted by Gasteiger charge is -2.24. The topological polar surface area (TPSA) is 32.3 Å². The summed E-state index contributed by atoms with van der Waals surface area (Å²) >= 11 is 0. The van der Waals surface area contributed by atoms with Gasteiger partial charge in [0, 0.05) is 18.5 Å². The summed E-state index contributed by atoms with van der Waals surface area (Å²) in [4.78, 5) is 14.5. The number of carbonyl (C=O) groups excluding carboxylic acids is 1. The van der Waals surface area contributed by atoms with E-state index >= 15 is 0 Å². The Morgan fingerprint density at radius 3 is 2.53 bits per heavy atom. The van der Waals surface area contributed by atoms with E-state index in [9.17, 15) is 4.79 Å². The predicted octanol–water partition coefficient (Wildman–Crippen LogP) is 1.63. The normalized spacial score (nSPS) is 37.8. The summed E-state index contributed by atoms with van der Waals surface area (Å²) in [7, 11) is 0. The summed E-state index contributed by atoms with van der Waals surface area (Å²) in [6.07, 6.45) is 6.37. The average Bonchev–Trinajstić information content (AvgIpc) is 2.81. The van der Waals surface area contributed by atoms with Crippen molar-refractivity contribution in [3.8, 4) is 0 Å². The zero-order chi connectivity index (χ0) is 11.8. The van der Waals surface area contributed by atoms with E-state index in [-0.39, 0.29) is 0 Å². The van der Waals surface area contributed by atoms with Gasteiger partial charge in [-0.15, -0.1) is 0 Å². The van der Waals surface area contributed by atoms with Crippen LogP contribution in [0.15, 0.2) is 0 Å². The Labute approximate surface area is 104 Å². The molecule has 3 rings (SSSR count). The Morgan fingerprint density at radius 1 is 1.24 bits per heavy atom. The van der Waals surface area contributed by atoms with Crippen molar-refractivity contribution in [1.82, 2.24) is 10.2 Å². The predicted molar refractivity (Wildman–Crippen MR) is 67.6 cm³/mol. The maximum Gasteiger partial charge on any atom is 0.223 e. The zero-order valence-electron chi connectivity index (χ0n) is 10.8. The highest BCUT2D eigenvalue weighted by Crippen LogP contribution is 2.54. The van der Waals surface area contributed by atoms with E-state index < -0.39 is 0 Å². The largest absolute Gasteiger partial charge is 0.354 e. The highest BCUT2D eigenvalue weighted by molar-refractivity contribution is 5.79. The number of carbonyl (C=O) groups is 1. The molecule has 17 heavy (non-hydrogen) atoms. The van der Waals surface area contributed by atoms with Gasteiger partial charge in [0.1, 0.15) is 0 Å². The van der Waals surface area contributed by atoms with E-state index in [1.54, 1.807) is 0 Å². The fraction of sp³-hybridized carbons (Fsp3) is 0.929. The standard InChI is InChI=1S/C14H24N2O/c1-10(16-4-2-3-5-16)9-15-14(17)13-7-11-6-12(11)8-13/h10-13H,2-9H2,1H3,(H,15,17). The molecule has 3 nitrogen and oxygen atoms in total. The lowest BCUT2D eigenvalue weighted by molar-refractivity contribution is -0.125. The van der Waals surface area contributed by atoms with Crippen molar-refractivity contribution in [3.63, 3.8) is 0 Å². The van der Waals surface area contributed by atoms with Crippen LogP contribution in [0.4, 0.5) is 0 Å². The number of likely N-dealkylation sites (tertiary alicyclic amines) is 1. The molecule has 2 saturated carbocycles. The van der Waals surface area contributed by atoms with E-state index in [0.29, 0.717) is 17.9 Å². The molecule has 0 spiro atoms. The Kier molecular flexibility index (Phi) is 3.12. The molecule has 0 aromatic heterocycles. The van der Waals surface area contributed by atoms with Crippen LogP contribution in [0, 0.1) is 17.8 Å². The van der Waals surface area contributed by atoms with Crippen LogP contribution in [0.1, 0.15) is 39.0 Å². The van der Waals surface area contributed by atoms with E-state index in [1.165, 1.54) is 32.4 Å². The third kappa shape index (κ3) is 2.49. The molecule has 3 unspecified atom stereocenters. The summed E-state index contributed by atoms with van der Waals surface area (Å²) < 4.78 is 0. The molecule has 3 atom stereocenters. The molecule has 1 aliphatic heterocycles. The average molecular weight is 236 g/mol. The zero-order valence-corrected chi connectivity index (χ0v) is 10.8. The van der Waals surface area contributed by atoms with Gasteiger partial charge in [-0.05, 0) is 64.0 Å². The Bertz CT molecular complexity index is 289. The molecular weight excluding hydrogens is 212 g/mol. The number of amides is 1. The molecule has 3 heteroatoms. The van der Waals surface area contributed by atoms with E-state index in [1.807, 2.05) is 0 Å². The summed E-state index contributed by atoms with van der Waals surface area (Å²) in [6.45, 7) is 5.50. The lowest BCUT2D eigenvalue weighted by Crippen LogP contribution is -2.42. The molecule has 1 amide bonds. The van der Waals surface area contributed by atoms with Crippen molar-refractivity contribution in [2.45, 2.75) is 45.1 Å². The molecular formula is C14H24N2O. The Hall–Kier alpha value is -0.570. The molecule has 1 N–H and O–H groups in total. The summed E-state index contributed by atoms with van der Waals surface area (Å²) in [5, 5.41) is 3.16. The quantitative estimate of drug-likeness (QED) is 0.804. The van der Waals surface area contributed by atoms with Gasteiger partial charge in [-0.1, -0.05) is 0 Å². The van der Waals surface area contributed by atoms with Crippen LogP contribution in [0.5, 0.6) is 0 Å². The molecule has 0 bridgehead atoms. The molecule has 3 fully saturated rings. The van der Waals surface area contributed by atoms with Gasteiger partial charge in [0.05, 0.1) is 0 Å². The molecule has 3 aliphatic rings. The number of hydrogen-bond acceptors (Lipinski definition) is 2. The summed E-state index contributed by atoms with van der Waals surface area (Å²) in [5.74, 6) is 2.47. The van der Waals surface area contributed by atoms with Gasteiger partial charge in [-0.3, -0.25) is 9.69 Å². The summed E-state index contributed by atoms with van der Waals surface area (Å²) in [5.41, 5.74) is 0. The van der Waals surface area contributed by atoms with Gasteiger partial charge in [-0.25, -0.2) is 0 Å². The second-order valence-corrected chi connectivity index (χ2v) is 6.26. The third-order valence-corrected chi connectivity index (χ3v) is 4.95. The smallest absolute Gasteiger partial charge is 0.223 e. The summed E-state index contributed by atoms with van der Waals surface area (Å²) in [6, 6.07) is 0.511. The molecule has 2 aliphatic carbocycles. The first-order chi connectivity index (χ1) is 8.24. The van der Waals surface area contributed by atoms with Crippen LogP contribution in [0.25, 0.3) is 0 Å². The van der Waals surface area contributed by atoms with Gasteiger partial charge >= 0.3 is 0 Å². The number of fused-ring (bicyclic) bond motifs is 1. The SMILES string of the molecule is CC(CNC(=O)C1CC2CC2C1)N1CCCC1. The van der Waals surface area contributed by atoms with Gasteiger partial charge in [0.2, 0.25) is 5.91 Å². The monoisotopic (exact) mass is 236 g/mol. The molecule has 0 aromatic carbocycles. The molecule has 96 valence electrons. The molecule has 0 radical (unpaired) electrons. The number of nitrogens with one attached hydrogen (secondary N) is 1. The highest BCUT2D eigenvalue weighted by atomic mass is 16.1.